The average Bonchev–Trinajstić information content (AvgIpc) is 2.26. The van der Waals surface area contributed by atoms with Gasteiger partial charge >= 0.3 is 5.97 Å². The molecule has 0 aliphatic rings. The Morgan fingerprint density at radius 2 is 2.29 bits per heavy atom. The smallest absolute Gasteiger partial charge is 0.325 e. The molecule has 0 aromatic carbocycles. The van der Waals surface area contributed by atoms with Gasteiger partial charge in [-0.1, -0.05) is 0 Å². The Bertz CT molecular complexity index is 317. The summed E-state index contributed by atoms with van der Waals surface area (Å²) in [6, 6.07) is 1.57. The largest absolute Gasteiger partial charge is 0.468 e. The Morgan fingerprint density at radius 3 is 2.93 bits per heavy atom. The number of anilines is 2. The molecule has 0 spiro atoms. The number of nitrogens with zero attached hydrogens (tertiary/aromatic N) is 2. The zero-order valence-electron chi connectivity index (χ0n) is 7.65. The molecule has 0 radical (unpaired) electrons. The molecule has 7 heteroatoms. The van der Waals surface area contributed by atoms with Gasteiger partial charge < -0.3 is 15.5 Å². The molecule has 1 rings (SSSR count). The van der Waals surface area contributed by atoms with Crippen LogP contribution in [0.2, 0.25) is 0 Å². The van der Waals surface area contributed by atoms with Crippen LogP contribution in [0, 0.1) is 0 Å². The van der Waals surface area contributed by atoms with E-state index >= 15 is 0 Å². The van der Waals surface area contributed by atoms with Crippen LogP contribution in [0.1, 0.15) is 0 Å². The van der Waals surface area contributed by atoms with E-state index in [1.807, 2.05) is 0 Å². The van der Waals surface area contributed by atoms with Gasteiger partial charge in [0.2, 0.25) is 0 Å². The molecule has 4 N–H and O–H groups in total. The third-order valence-electron chi connectivity index (χ3n) is 1.46. The number of carbonyl (C=O) groups excluding carboxylic acids is 1. The molecule has 14 heavy (non-hydrogen) atoms. The van der Waals surface area contributed by atoms with Crippen molar-refractivity contribution < 1.29 is 9.53 Å². The Kier molecular flexibility index (Phi) is 3.62. The number of nitrogen functional groups attached to an aromatic ring is 1. The molecule has 0 aliphatic carbocycles. The Hall–Kier alpha value is -1.89. The van der Waals surface area contributed by atoms with Crippen molar-refractivity contribution in [2.45, 2.75) is 0 Å². The van der Waals surface area contributed by atoms with Crippen LogP contribution in [-0.2, 0) is 9.53 Å². The maximum absolute atomic E-state index is 10.8. The van der Waals surface area contributed by atoms with Crippen molar-refractivity contribution in [3.8, 4) is 0 Å². The fraction of sp³-hybridized carbons (Fsp3) is 0.286. The Labute approximate surface area is 80.7 Å². The number of rotatable bonds is 4. The van der Waals surface area contributed by atoms with Crippen molar-refractivity contribution in [2.24, 2.45) is 5.84 Å². The zero-order valence-corrected chi connectivity index (χ0v) is 7.65. The summed E-state index contributed by atoms with van der Waals surface area (Å²) in [5.74, 6) is 5.74. The lowest BCUT2D eigenvalue weighted by atomic mass is 10.5. The van der Waals surface area contributed by atoms with Gasteiger partial charge in [-0.3, -0.25) is 4.79 Å². The number of esters is 1. The van der Waals surface area contributed by atoms with Crippen LogP contribution in [0.5, 0.6) is 0 Å². The molecule has 1 heterocycles. The summed E-state index contributed by atoms with van der Waals surface area (Å²) in [4.78, 5) is 18.4. The number of hydrazine groups is 1. The van der Waals surface area contributed by atoms with E-state index < -0.39 is 0 Å². The lowest BCUT2D eigenvalue weighted by Gasteiger charge is -2.04. The van der Waals surface area contributed by atoms with Gasteiger partial charge in [-0.15, -0.1) is 0 Å². The molecule has 0 unspecified atom stereocenters. The summed E-state index contributed by atoms with van der Waals surface area (Å²) >= 11 is 0. The van der Waals surface area contributed by atoms with Gasteiger partial charge in [0.25, 0.3) is 0 Å². The van der Waals surface area contributed by atoms with E-state index in [2.05, 4.69) is 25.4 Å². The Morgan fingerprint density at radius 1 is 1.57 bits per heavy atom. The third-order valence-corrected chi connectivity index (χ3v) is 1.46. The van der Waals surface area contributed by atoms with E-state index in [4.69, 9.17) is 5.84 Å². The number of nitrogens with one attached hydrogen (secondary N) is 2. The van der Waals surface area contributed by atoms with E-state index in [9.17, 15) is 4.79 Å². The summed E-state index contributed by atoms with van der Waals surface area (Å²) in [5.41, 5.74) is 2.36. The lowest BCUT2D eigenvalue weighted by Crippen LogP contribution is -2.16. The van der Waals surface area contributed by atoms with Gasteiger partial charge in [-0.05, 0) is 0 Å². The van der Waals surface area contributed by atoms with E-state index in [1.54, 1.807) is 6.07 Å². The molecule has 7 nitrogen and oxygen atoms in total. The second-order valence-corrected chi connectivity index (χ2v) is 2.36. The molecule has 0 saturated heterocycles. The van der Waals surface area contributed by atoms with Crippen molar-refractivity contribution >= 4 is 17.6 Å². The second kappa shape index (κ2) is 4.97. The molecule has 1 aromatic heterocycles. The summed E-state index contributed by atoms with van der Waals surface area (Å²) < 4.78 is 4.44. The molecule has 1 aromatic rings. The summed E-state index contributed by atoms with van der Waals surface area (Å²) in [6.07, 6.45) is 1.33. The molecule has 0 aliphatic heterocycles. The minimum Gasteiger partial charge on any atom is -0.468 e. The van der Waals surface area contributed by atoms with Gasteiger partial charge in [-0.2, -0.15) is 0 Å². The van der Waals surface area contributed by atoms with Crippen LogP contribution >= 0.6 is 0 Å². The molecular formula is C7H11N5O2. The fourth-order valence-electron chi connectivity index (χ4n) is 0.768. The molecule has 76 valence electrons. The van der Waals surface area contributed by atoms with Crippen LogP contribution < -0.4 is 16.6 Å². The van der Waals surface area contributed by atoms with E-state index in [0.717, 1.165) is 0 Å². The van der Waals surface area contributed by atoms with Crippen molar-refractivity contribution in [2.75, 3.05) is 24.4 Å². The van der Waals surface area contributed by atoms with Gasteiger partial charge in [0.05, 0.1) is 7.11 Å². The van der Waals surface area contributed by atoms with E-state index in [0.29, 0.717) is 11.6 Å². The van der Waals surface area contributed by atoms with Crippen LogP contribution in [0.15, 0.2) is 12.4 Å². The number of hydrogen-bond acceptors (Lipinski definition) is 7. The van der Waals surface area contributed by atoms with E-state index in [-0.39, 0.29) is 12.5 Å². The van der Waals surface area contributed by atoms with Crippen molar-refractivity contribution in [3.63, 3.8) is 0 Å². The molecule has 0 fully saturated rings. The second-order valence-electron chi connectivity index (χ2n) is 2.36. The fourth-order valence-corrected chi connectivity index (χ4v) is 0.768. The van der Waals surface area contributed by atoms with Gasteiger partial charge in [0.15, 0.2) is 0 Å². The highest BCUT2D eigenvalue weighted by Gasteiger charge is 2.01. The normalized spacial score (nSPS) is 9.29. The number of methoxy groups -OCH3 is 1. The first kappa shape index (κ1) is 10.2. The first-order valence-electron chi connectivity index (χ1n) is 3.85. The molecular weight excluding hydrogens is 186 g/mol. The number of carbonyl (C=O) groups is 1. The van der Waals surface area contributed by atoms with Crippen molar-refractivity contribution in [1.82, 2.24) is 9.97 Å². The van der Waals surface area contributed by atoms with Gasteiger partial charge in [0, 0.05) is 6.07 Å². The maximum Gasteiger partial charge on any atom is 0.325 e. The highest BCUT2D eigenvalue weighted by molar-refractivity contribution is 5.74. The van der Waals surface area contributed by atoms with E-state index in [1.165, 1.54) is 13.4 Å². The number of ether oxygens (including phenoxy) is 1. The van der Waals surface area contributed by atoms with Crippen LogP contribution in [0.25, 0.3) is 0 Å². The van der Waals surface area contributed by atoms with Crippen LogP contribution in [0.3, 0.4) is 0 Å². The SMILES string of the molecule is COC(=O)CNc1cc(NN)ncn1. The van der Waals surface area contributed by atoms with Crippen LogP contribution in [-0.4, -0.2) is 29.6 Å². The number of hydrogen-bond donors (Lipinski definition) is 3. The summed E-state index contributed by atoms with van der Waals surface area (Å²) in [6.45, 7) is 0.0531. The number of aromatic nitrogens is 2. The Balaban J connectivity index is 2.54. The predicted octanol–water partition coefficient (Wildman–Crippen LogP) is -0.653. The molecule has 0 bridgehead atoms. The monoisotopic (exact) mass is 197 g/mol. The summed E-state index contributed by atoms with van der Waals surface area (Å²) in [5, 5.41) is 2.75. The third kappa shape index (κ3) is 2.87. The van der Waals surface area contributed by atoms with Gasteiger partial charge in [0.1, 0.15) is 24.5 Å². The minimum absolute atomic E-state index is 0.0531. The maximum atomic E-state index is 10.8. The highest BCUT2D eigenvalue weighted by atomic mass is 16.5. The minimum atomic E-state index is -0.370. The quantitative estimate of drug-likeness (QED) is 0.334. The van der Waals surface area contributed by atoms with Crippen molar-refractivity contribution in [1.29, 1.82) is 0 Å². The van der Waals surface area contributed by atoms with Crippen molar-refractivity contribution in [3.05, 3.63) is 12.4 Å². The first-order valence-corrected chi connectivity index (χ1v) is 3.85. The summed E-state index contributed by atoms with van der Waals surface area (Å²) in [7, 11) is 1.32. The number of nitrogens with two attached hydrogens (primary N) is 1. The van der Waals surface area contributed by atoms with Gasteiger partial charge in [-0.25, -0.2) is 15.8 Å². The zero-order chi connectivity index (χ0) is 10.4. The standard InChI is InChI=1S/C7H11N5O2/c1-14-7(13)3-9-5-2-6(12-8)11-4-10-5/h2,4H,3,8H2,1H3,(H2,9,10,11,12). The molecule has 0 saturated carbocycles. The first-order chi connectivity index (χ1) is 6.76. The average molecular weight is 197 g/mol. The topological polar surface area (TPSA) is 102 Å². The molecule has 0 atom stereocenters. The lowest BCUT2D eigenvalue weighted by molar-refractivity contribution is -0.138. The predicted molar refractivity (Wildman–Crippen MR) is 50.3 cm³/mol. The van der Waals surface area contributed by atoms with Crippen LogP contribution in [0.4, 0.5) is 11.6 Å². The molecule has 0 amide bonds. The highest BCUT2D eigenvalue weighted by Crippen LogP contribution is 2.06.